The number of carboxylic acids is 2. The van der Waals surface area contributed by atoms with Crippen LogP contribution in [0.15, 0.2) is 24.8 Å². The largest absolute Gasteiger partial charge is 0.473 e. The minimum atomic E-state index is -1.82. The van der Waals surface area contributed by atoms with Crippen molar-refractivity contribution in [3.05, 3.63) is 40.1 Å². The Morgan fingerprint density at radius 2 is 1.92 bits per heavy atom. The molecule has 3 rings (SSSR count). The second-order valence-electron chi connectivity index (χ2n) is 5.79. The Labute approximate surface area is 154 Å². The summed E-state index contributed by atoms with van der Waals surface area (Å²) in [6, 6.07) is 2.09. The van der Waals surface area contributed by atoms with Gasteiger partial charge in [-0.3, -0.25) is 4.79 Å². The highest BCUT2D eigenvalue weighted by Crippen LogP contribution is 2.29. The number of aromatic nitrogens is 2. The van der Waals surface area contributed by atoms with E-state index in [-0.39, 0.29) is 5.91 Å². The third-order valence-corrected chi connectivity index (χ3v) is 5.08. The zero-order chi connectivity index (χ0) is 18.9. The molecule has 1 aliphatic rings. The van der Waals surface area contributed by atoms with Crippen molar-refractivity contribution in [2.24, 2.45) is 0 Å². The molecule has 3 N–H and O–H groups in total. The number of carbonyl (C=O) groups excluding carboxylic acids is 1. The van der Waals surface area contributed by atoms with Crippen molar-refractivity contribution in [1.29, 1.82) is 0 Å². The lowest BCUT2D eigenvalue weighted by Gasteiger charge is -2.08. The van der Waals surface area contributed by atoms with Gasteiger partial charge in [-0.15, -0.1) is 11.3 Å². The molecular weight excluding hydrogens is 358 g/mol. The maximum atomic E-state index is 12.1. The van der Waals surface area contributed by atoms with Gasteiger partial charge in [-0.05, 0) is 43.7 Å². The zero-order valence-electron chi connectivity index (χ0n) is 14.2. The van der Waals surface area contributed by atoms with Gasteiger partial charge in [0.2, 0.25) is 0 Å². The molecule has 8 nitrogen and oxygen atoms in total. The molecule has 26 heavy (non-hydrogen) atoms. The van der Waals surface area contributed by atoms with Gasteiger partial charge < -0.3 is 20.1 Å². The van der Waals surface area contributed by atoms with E-state index in [0.717, 1.165) is 30.7 Å². The van der Waals surface area contributed by atoms with E-state index < -0.39 is 11.9 Å². The number of imidazole rings is 1. The summed E-state index contributed by atoms with van der Waals surface area (Å²) in [5.74, 6) is -3.57. The number of carboxylic acid groups (broad SMARTS) is 2. The minimum Gasteiger partial charge on any atom is -0.473 e. The summed E-state index contributed by atoms with van der Waals surface area (Å²) in [5, 5.41) is 17.8. The molecule has 0 spiro atoms. The van der Waals surface area contributed by atoms with E-state index in [4.69, 9.17) is 19.8 Å². The van der Waals surface area contributed by atoms with Gasteiger partial charge in [-0.25, -0.2) is 14.6 Å². The van der Waals surface area contributed by atoms with Gasteiger partial charge in [0, 0.05) is 30.4 Å². The van der Waals surface area contributed by atoms with Crippen LogP contribution in [0.2, 0.25) is 0 Å². The fraction of sp³-hybridized carbons (Fsp3) is 0.412. The number of thiophene rings is 1. The second-order valence-corrected chi connectivity index (χ2v) is 6.92. The summed E-state index contributed by atoms with van der Waals surface area (Å²) in [6.07, 6.45) is 11.2. The van der Waals surface area contributed by atoms with Gasteiger partial charge in [-0.1, -0.05) is 0 Å². The number of carbonyl (C=O) groups is 3. The lowest BCUT2D eigenvalue weighted by molar-refractivity contribution is -0.159. The Balaban J connectivity index is 0.000000352. The van der Waals surface area contributed by atoms with Crippen LogP contribution in [0.3, 0.4) is 0 Å². The molecule has 2 aromatic heterocycles. The van der Waals surface area contributed by atoms with Gasteiger partial charge in [0.15, 0.2) is 0 Å². The minimum absolute atomic E-state index is 0.0787. The predicted molar refractivity (Wildman–Crippen MR) is 95.4 cm³/mol. The number of rotatable bonds is 5. The van der Waals surface area contributed by atoms with Crippen LogP contribution in [0.25, 0.3) is 0 Å². The molecule has 2 aromatic rings. The summed E-state index contributed by atoms with van der Waals surface area (Å²) in [6.45, 7) is 1.60. The van der Waals surface area contributed by atoms with Crippen molar-refractivity contribution in [2.45, 2.75) is 38.6 Å². The van der Waals surface area contributed by atoms with E-state index in [9.17, 15) is 4.79 Å². The highest BCUT2D eigenvalue weighted by molar-refractivity contribution is 7.14. The predicted octanol–water partition coefficient (Wildman–Crippen LogP) is 1.80. The maximum Gasteiger partial charge on any atom is 0.414 e. The number of nitrogens with one attached hydrogen (secondary N) is 1. The van der Waals surface area contributed by atoms with E-state index in [1.807, 2.05) is 10.8 Å². The molecule has 0 unspecified atom stereocenters. The highest BCUT2D eigenvalue weighted by atomic mass is 32.1. The number of fused-ring (bicyclic) bond motifs is 1. The van der Waals surface area contributed by atoms with Crippen molar-refractivity contribution in [1.82, 2.24) is 14.9 Å². The molecule has 0 radical (unpaired) electrons. The molecule has 0 atom stereocenters. The quantitative estimate of drug-likeness (QED) is 0.538. The van der Waals surface area contributed by atoms with Crippen LogP contribution < -0.4 is 5.32 Å². The Morgan fingerprint density at radius 1 is 1.19 bits per heavy atom. The Kier molecular flexibility index (Phi) is 7.34. The average molecular weight is 379 g/mol. The molecule has 0 aromatic carbocycles. The normalized spacial score (nSPS) is 12.5. The Morgan fingerprint density at radius 3 is 2.54 bits per heavy atom. The van der Waals surface area contributed by atoms with E-state index in [1.165, 1.54) is 23.3 Å². The SMILES string of the molecule is O=C(NCCCn1ccnc1)c1cc2c(s1)CCCC2.O=C(O)C(=O)O. The summed E-state index contributed by atoms with van der Waals surface area (Å²) < 4.78 is 2.02. The van der Waals surface area contributed by atoms with E-state index in [0.29, 0.717) is 6.54 Å². The first-order valence-corrected chi connectivity index (χ1v) is 9.10. The standard InChI is InChI=1S/C15H19N3OS.C2H2O4/c19-15(17-6-3-8-18-9-7-16-11-18)14-10-12-4-1-2-5-13(12)20-14;3-1(4)2(5)6/h7,9-11H,1-6,8H2,(H,17,19);(H,3,4)(H,5,6). The molecule has 9 heteroatoms. The fourth-order valence-corrected chi connectivity index (χ4v) is 3.74. The van der Waals surface area contributed by atoms with Gasteiger partial charge in [0.25, 0.3) is 5.91 Å². The Hall–Kier alpha value is -2.68. The smallest absolute Gasteiger partial charge is 0.414 e. The summed E-state index contributed by atoms with van der Waals surface area (Å²) in [5.41, 5.74) is 1.39. The van der Waals surface area contributed by atoms with Gasteiger partial charge in [0.1, 0.15) is 0 Å². The van der Waals surface area contributed by atoms with Crippen LogP contribution in [-0.2, 0) is 29.0 Å². The third kappa shape index (κ3) is 5.99. The lowest BCUT2D eigenvalue weighted by atomic mass is 9.99. The summed E-state index contributed by atoms with van der Waals surface area (Å²) in [4.78, 5) is 36.6. The molecule has 0 aliphatic heterocycles. The third-order valence-electron chi connectivity index (χ3n) is 3.84. The zero-order valence-corrected chi connectivity index (χ0v) is 15.0. The topological polar surface area (TPSA) is 122 Å². The monoisotopic (exact) mass is 379 g/mol. The van der Waals surface area contributed by atoms with Gasteiger partial charge in [-0.2, -0.15) is 0 Å². The van der Waals surface area contributed by atoms with Crippen molar-refractivity contribution in [3.63, 3.8) is 0 Å². The van der Waals surface area contributed by atoms with E-state index in [2.05, 4.69) is 16.4 Å². The first-order valence-electron chi connectivity index (χ1n) is 8.29. The molecule has 2 heterocycles. The molecule has 0 bridgehead atoms. The van der Waals surface area contributed by atoms with Crippen molar-refractivity contribution in [3.8, 4) is 0 Å². The maximum absolute atomic E-state index is 12.1. The van der Waals surface area contributed by atoms with Crippen molar-refractivity contribution < 1.29 is 24.6 Å². The number of aliphatic carboxylic acids is 2. The van der Waals surface area contributed by atoms with Crippen LogP contribution in [0.1, 0.15) is 39.4 Å². The summed E-state index contributed by atoms with van der Waals surface area (Å²) >= 11 is 1.67. The molecule has 0 saturated carbocycles. The van der Waals surface area contributed by atoms with E-state index in [1.54, 1.807) is 23.9 Å². The van der Waals surface area contributed by atoms with Crippen LogP contribution in [0.4, 0.5) is 0 Å². The Bertz CT molecular complexity index is 719. The molecule has 1 aliphatic carbocycles. The average Bonchev–Trinajstić information content (AvgIpc) is 3.28. The number of hydrogen-bond donors (Lipinski definition) is 3. The van der Waals surface area contributed by atoms with Crippen molar-refractivity contribution >= 4 is 29.2 Å². The van der Waals surface area contributed by atoms with Gasteiger partial charge in [0.05, 0.1) is 11.2 Å². The first-order chi connectivity index (χ1) is 12.5. The second kappa shape index (κ2) is 9.71. The van der Waals surface area contributed by atoms with E-state index >= 15 is 0 Å². The number of nitrogens with zero attached hydrogens (tertiary/aromatic N) is 2. The van der Waals surface area contributed by atoms with Gasteiger partial charge >= 0.3 is 11.9 Å². The first kappa shape index (κ1) is 19.6. The fourth-order valence-electron chi connectivity index (χ4n) is 2.57. The molecular formula is C17H21N3O5S. The lowest BCUT2D eigenvalue weighted by Crippen LogP contribution is -2.24. The molecule has 1 amide bonds. The number of amides is 1. The van der Waals surface area contributed by atoms with Crippen LogP contribution in [0, 0.1) is 0 Å². The highest BCUT2D eigenvalue weighted by Gasteiger charge is 2.16. The van der Waals surface area contributed by atoms with Crippen molar-refractivity contribution in [2.75, 3.05) is 6.54 Å². The van der Waals surface area contributed by atoms with Crippen LogP contribution in [0.5, 0.6) is 0 Å². The summed E-state index contributed by atoms with van der Waals surface area (Å²) in [7, 11) is 0. The molecule has 0 saturated heterocycles. The van der Waals surface area contributed by atoms with Crippen LogP contribution in [-0.4, -0.2) is 44.2 Å². The van der Waals surface area contributed by atoms with Crippen LogP contribution >= 0.6 is 11.3 Å². The number of hydrogen-bond acceptors (Lipinski definition) is 5. The molecule has 0 fully saturated rings. The molecule has 140 valence electrons. The number of aryl methyl sites for hydroxylation is 3.